The van der Waals surface area contributed by atoms with Crippen molar-refractivity contribution in [2.45, 2.75) is 37.6 Å². The monoisotopic (exact) mass is 378 g/mol. The van der Waals surface area contributed by atoms with Crippen molar-refractivity contribution in [2.75, 3.05) is 13.1 Å². The van der Waals surface area contributed by atoms with E-state index in [0.29, 0.717) is 29.0 Å². The highest BCUT2D eigenvalue weighted by molar-refractivity contribution is 9.10. The van der Waals surface area contributed by atoms with Crippen LogP contribution in [-0.2, 0) is 16.6 Å². The molecule has 118 valence electrons. The Morgan fingerprint density at radius 3 is 2.71 bits per heavy atom. The first-order chi connectivity index (χ1) is 9.94. The summed E-state index contributed by atoms with van der Waals surface area (Å²) in [5.74, 6) is -0.272. The first-order valence-corrected chi connectivity index (χ1v) is 9.40. The Morgan fingerprint density at radius 2 is 2.10 bits per heavy atom. The molecule has 0 spiro atoms. The van der Waals surface area contributed by atoms with Gasteiger partial charge in [-0.05, 0) is 43.9 Å². The molecule has 0 heterocycles. The van der Waals surface area contributed by atoms with E-state index in [2.05, 4.69) is 26.0 Å². The fraction of sp³-hybridized carbons (Fsp3) is 0.571. The van der Waals surface area contributed by atoms with Crippen molar-refractivity contribution in [1.29, 1.82) is 0 Å². The van der Waals surface area contributed by atoms with Gasteiger partial charge >= 0.3 is 0 Å². The largest absolute Gasteiger partial charge is 0.313 e. The van der Waals surface area contributed by atoms with Crippen molar-refractivity contribution in [1.82, 2.24) is 10.0 Å². The number of sulfonamides is 1. The normalized spacial score (nSPS) is 15.4. The summed E-state index contributed by atoms with van der Waals surface area (Å²) in [6, 6.07) is 2.92. The molecule has 0 radical (unpaired) electrons. The molecule has 1 fully saturated rings. The number of halogens is 2. The van der Waals surface area contributed by atoms with E-state index in [1.165, 1.54) is 6.07 Å². The summed E-state index contributed by atoms with van der Waals surface area (Å²) < 4.78 is 41.9. The van der Waals surface area contributed by atoms with Crippen molar-refractivity contribution in [3.05, 3.63) is 28.0 Å². The fourth-order valence-electron chi connectivity index (χ4n) is 1.97. The summed E-state index contributed by atoms with van der Waals surface area (Å²) in [6.45, 7) is 3.47. The van der Waals surface area contributed by atoms with Gasteiger partial charge in [-0.2, -0.15) is 0 Å². The minimum Gasteiger partial charge on any atom is -0.313 e. The lowest BCUT2D eigenvalue weighted by atomic mass is 10.2. The summed E-state index contributed by atoms with van der Waals surface area (Å²) in [7, 11) is -3.80. The number of benzene rings is 1. The van der Waals surface area contributed by atoms with Crippen LogP contribution in [0.3, 0.4) is 0 Å². The van der Waals surface area contributed by atoms with Gasteiger partial charge in [-0.3, -0.25) is 0 Å². The van der Waals surface area contributed by atoms with Crippen molar-refractivity contribution < 1.29 is 12.8 Å². The van der Waals surface area contributed by atoms with Crippen LogP contribution in [0.1, 0.15) is 31.7 Å². The Balaban J connectivity index is 2.20. The molecule has 1 aliphatic rings. The van der Waals surface area contributed by atoms with Gasteiger partial charge in [0, 0.05) is 23.1 Å². The molecule has 2 N–H and O–H groups in total. The number of hydrogen-bond acceptors (Lipinski definition) is 3. The second kappa shape index (κ2) is 7.17. The topological polar surface area (TPSA) is 58.2 Å². The number of rotatable bonds is 8. The Kier molecular flexibility index (Phi) is 5.76. The quantitative estimate of drug-likeness (QED) is 0.683. The molecule has 0 atom stereocenters. The van der Waals surface area contributed by atoms with Crippen molar-refractivity contribution in [3.8, 4) is 0 Å². The van der Waals surface area contributed by atoms with Crippen LogP contribution in [0.5, 0.6) is 0 Å². The van der Waals surface area contributed by atoms with E-state index in [4.69, 9.17) is 0 Å². The van der Waals surface area contributed by atoms with Gasteiger partial charge in [-0.25, -0.2) is 17.5 Å². The molecule has 7 heteroatoms. The van der Waals surface area contributed by atoms with E-state index < -0.39 is 15.8 Å². The van der Waals surface area contributed by atoms with E-state index in [1.54, 1.807) is 6.07 Å². The van der Waals surface area contributed by atoms with E-state index in [0.717, 1.165) is 25.8 Å². The standard InChI is InChI=1S/C14H20BrFN2O2S/c1-2-5-17-9-11-6-12(15)7-13(14(11)16)21(19,20)18-8-10-3-4-10/h6-7,10,17-18H,2-5,8-9H2,1H3. The van der Waals surface area contributed by atoms with Crippen LogP contribution in [0.4, 0.5) is 4.39 Å². The summed E-state index contributed by atoms with van der Waals surface area (Å²) in [5, 5.41) is 3.08. The first-order valence-electron chi connectivity index (χ1n) is 7.12. The third-order valence-electron chi connectivity index (χ3n) is 3.37. The fourth-order valence-corrected chi connectivity index (χ4v) is 3.89. The molecule has 0 amide bonds. The lowest BCUT2D eigenvalue weighted by molar-refractivity contribution is 0.539. The lowest BCUT2D eigenvalue weighted by Crippen LogP contribution is -2.27. The van der Waals surface area contributed by atoms with Gasteiger partial charge < -0.3 is 5.32 Å². The molecule has 1 aromatic rings. The molecule has 21 heavy (non-hydrogen) atoms. The minimum atomic E-state index is -3.80. The SMILES string of the molecule is CCCNCc1cc(Br)cc(S(=O)(=O)NCC2CC2)c1F. The molecule has 0 aliphatic heterocycles. The zero-order valence-electron chi connectivity index (χ0n) is 12.0. The predicted molar refractivity (Wildman–Crippen MR) is 84.0 cm³/mol. The van der Waals surface area contributed by atoms with Crippen LogP contribution < -0.4 is 10.0 Å². The maximum atomic E-state index is 14.4. The first kappa shape index (κ1) is 16.9. The molecular weight excluding hydrogens is 359 g/mol. The van der Waals surface area contributed by atoms with Gasteiger partial charge in [-0.15, -0.1) is 0 Å². The summed E-state index contributed by atoms with van der Waals surface area (Å²) >= 11 is 3.25. The Morgan fingerprint density at radius 1 is 1.38 bits per heavy atom. The smallest absolute Gasteiger partial charge is 0.243 e. The van der Waals surface area contributed by atoms with Crippen molar-refractivity contribution in [2.24, 2.45) is 5.92 Å². The van der Waals surface area contributed by atoms with Gasteiger partial charge in [-0.1, -0.05) is 22.9 Å². The van der Waals surface area contributed by atoms with Gasteiger partial charge in [0.2, 0.25) is 10.0 Å². The molecule has 1 saturated carbocycles. The minimum absolute atomic E-state index is 0.286. The van der Waals surface area contributed by atoms with Gasteiger partial charge in [0.15, 0.2) is 0 Å². The Hall–Kier alpha value is -0.500. The molecule has 4 nitrogen and oxygen atoms in total. The van der Waals surface area contributed by atoms with Crippen molar-refractivity contribution in [3.63, 3.8) is 0 Å². The average Bonchev–Trinajstić information content (AvgIpc) is 3.24. The molecule has 0 unspecified atom stereocenters. The zero-order valence-corrected chi connectivity index (χ0v) is 14.4. The van der Waals surface area contributed by atoms with Crippen LogP contribution in [0.15, 0.2) is 21.5 Å². The number of hydrogen-bond donors (Lipinski definition) is 2. The summed E-state index contributed by atoms with van der Waals surface area (Å²) in [5.41, 5.74) is 0.352. The number of nitrogens with one attached hydrogen (secondary N) is 2. The van der Waals surface area contributed by atoms with E-state index in [-0.39, 0.29) is 4.90 Å². The van der Waals surface area contributed by atoms with Crippen molar-refractivity contribution >= 4 is 26.0 Å². The highest BCUT2D eigenvalue weighted by Crippen LogP contribution is 2.29. The Labute approximate surface area is 133 Å². The van der Waals surface area contributed by atoms with E-state index in [9.17, 15) is 12.8 Å². The van der Waals surface area contributed by atoms with Crippen LogP contribution >= 0.6 is 15.9 Å². The average molecular weight is 379 g/mol. The maximum Gasteiger partial charge on any atom is 0.243 e. The van der Waals surface area contributed by atoms with Crippen LogP contribution in [0, 0.1) is 11.7 Å². The molecule has 0 saturated heterocycles. The zero-order chi connectivity index (χ0) is 15.5. The van der Waals surface area contributed by atoms with E-state index in [1.807, 2.05) is 6.92 Å². The molecule has 1 aliphatic carbocycles. The van der Waals surface area contributed by atoms with Gasteiger partial charge in [0.25, 0.3) is 0 Å². The Bertz CT molecular complexity index is 603. The van der Waals surface area contributed by atoms with E-state index >= 15 is 0 Å². The van der Waals surface area contributed by atoms with Crippen LogP contribution in [-0.4, -0.2) is 21.5 Å². The highest BCUT2D eigenvalue weighted by Gasteiger charge is 2.27. The third kappa shape index (κ3) is 4.74. The third-order valence-corrected chi connectivity index (χ3v) is 5.25. The molecule has 1 aromatic carbocycles. The second-order valence-corrected chi connectivity index (χ2v) is 8.00. The molecular formula is C14H20BrFN2O2S. The molecule has 0 bridgehead atoms. The molecule has 2 rings (SSSR count). The highest BCUT2D eigenvalue weighted by atomic mass is 79.9. The van der Waals surface area contributed by atoms with Gasteiger partial charge in [0.05, 0.1) is 0 Å². The summed E-state index contributed by atoms with van der Waals surface area (Å²) in [4.78, 5) is -0.286. The van der Waals surface area contributed by atoms with Gasteiger partial charge in [0.1, 0.15) is 10.7 Å². The maximum absolute atomic E-state index is 14.4. The molecule has 0 aromatic heterocycles. The predicted octanol–water partition coefficient (Wildman–Crippen LogP) is 2.78. The lowest BCUT2D eigenvalue weighted by Gasteiger charge is -2.12. The van der Waals surface area contributed by atoms with Crippen LogP contribution in [0.2, 0.25) is 0 Å². The summed E-state index contributed by atoms with van der Waals surface area (Å²) in [6.07, 6.45) is 3.01. The second-order valence-electron chi connectivity index (χ2n) is 5.35. The van der Waals surface area contributed by atoms with Crippen LogP contribution in [0.25, 0.3) is 0 Å².